The fourth-order valence-electron chi connectivity index (χ4n) is 4.79. The quantitative estimate of drug-likeness (QED) is 0.263. The average Bonchev–Trinajstić information content (AvgIpc) is 2.88. The van der Waals surface area contributed by atoms with E-state index in [9.17, 15) is 0 Å². The first-order valence-electron chi connectivity index (χ1n) is 11.0. The van der Waals surface area contributed by atoms with Gasteiger partial charge in [-0.25, -0.2) is 0 Å². The van der Waals surface area contributed by atoms with Gasteiger partial charge in [0.25, 0.3) is 0 Å². The van der Waals surface area contributed by atoms with Gasteiger partial charge in [0, 0.05) is 5.41 Å². The zero-order valence-electron chi connectivity index (χ0n) is 18.2. The van der Waals surface area contributed by atoms with Crippen LogP contribution in [0.3, 0.4) is 0 Å². The van der Waals surface area contributed by atoms with Crippen molar-refractivity contribution >= 4 is 10.8 Å². The molecule has 0 saturated carbocycles. The zero-order valence-corrected chi connectivity index (χ0v) is 18.2. The lowest BCUT2D eigenvalue weighted by Crippen LogP contribution is -2.32. The van der Waals surface area contributed by atoms with Gasteiger partial charge < -0.3 is 4.74 Å². The van der Waals surface area contributed by atoms with E-state index < -0.39 is 0 Å². The van der Waals surface area contributed by atoms with Crippen LogP contribution in [-0.2, 0) is 11.8 Å². The molecule has 5 aromatic carbocycles. The van der Waals surface area contributed by atoms with Gasteiger partial charge in [0.2, 0.25) is 0 Å². The number of methoxy groups -OCH3 is 1. The van der Waals surface area contributed by atoms with Crippen molar-refractivity contribution in [1.82, 2.24) is 0 Å². The first-order chi connectivity index (χ1) is 15.8. The van der Waals surface area contributed by atoms with Gasteiger partial charge in [-0.1, -0.05) is 109 Å². The summed E-state index contributed by atoms with van der Waals surface area (Å²) < 4.78 is 5.54. The summed E-state index contributed by atoms with van der Waals surface area (Å²) in [5.41, 5.74) is 4.76. The summed E-state index contributed by atoms with van der Waals surface area (Å²) in [6.45, 7) is 0. The number of ether oxygens (including phenoxy) is 1. The van der Waals surface area contributed by atoms with Crippen molar-refractivity contribution in [2.45, 2.75) is 11.8 Å². The second-order valence-electron chi connectivity index (χ2n) is 8.23. The SMILES string of the molecule is COc1cccc(CC(c2ccccc2)(c2ccccc2)c2ccc3ccccc3c2)c1. The molecule has 1 nitrogen and oxygen atoms in total. The Hall–Kier alpha value is -3.84. The van der Waals surface area contributed by atoms with Crippen LogP contribution in [0.2, 0.25) is 0 Å². The average molecular weight is 415 g/mol. The van der Waals surface area contributed by atoms with E-state index in [1.165, 1.54) is 33.0 Å². The second kappa shape index (κ2) is 8.72. The van der Waals surface area contributed by atoms with Gasteiger partial charge in [0.05, 0.1) is 7.11 Å². The molecule has 0 bridgehead atoms. The van der Waals surface area contributed by atoms with Crippen LogP contribution in [-0.4, -0.2) is 7.11 Å². The molecule has 1 heteroatoms. The standard InChI is InChI=1S/C31H26O/c1-32-30-18-10-11-24(21-30)23-31(27-14-4-2-5-15-27,28-16-6-3-7-17-28)29-20-19-25-12-8-9-13-26(25)22-29/h2-22H,23H2,1H3. The fourth-order valence-corrected chi connectivity index (χ4v) is 4.79. The molecule has 0 unspecified atom stereocenters. The highest BCUT2D eigenvalue weighted by Gasteiger charge is 2.36. The number of benzene rings is 5. The van der Waals surface area contributed by atoms with Crippen molar-refractivity contribution in [2.75, 3.05) is 7.11 Å². The minimum absolute atomic E-state index is 0.334. The van der Waals surface area contributed by atoms with E-state index >= 15 is 0 Å². The molecule has 0 aromatic heterocycles. The summed E-state index contributed by atoms with van der Waals surface area (Å²) in [5.74, 6) is 0.885. The molecule has 0 atom stereocenters. The highest BCUT2D eigenvalue weighted by Crippen LogP contribution is 2.43. The van der Waals surface area contributed by atoms with Crippen molar-refractivity contribution in [3.05, 3.63) is 150 Å². The maximum Gasteiger partial charge on any atom is 0.119 e. The Bertz CT molecular complexity index is 1280. The van der Waals surface area contributed by atoms with E-state index in [0.717, 1.165) is 12.2 Å². The fraction of sp³-hybridized carbons (Fsp3) is 0.0968. The smallest absolute Gasteiger partial charge is 0.119 e. The Labute approximate surface area is 189 Å². The molecule has 5 aromatic rings. The lowest BCUT2D eigenvalue weighted by atomic mass is 9.66. The zero-order chi connectivity index (χ0) is 21.8. The Morgan fingerprint density at radius 2 is 1.16 bits per heavy atom. The van der Waals surface area contributed by atoms with Crippen LogP contribution in [0.15, 0.2) is 127 Å². The Kier molecular flexibility index (Phi) is 5.47. The highest BCUT2D eigenvalue weighted by atomic mass is 16.5. The Morgan fingerprint density at radius 1 is 0.531 bits per heavy atom. The third-order valence-electron chi connectivity index (χ3n) is 6.38. The number of fused-ring (bicyclic) bond motifs is 1. The molecule has 0 radical (unpaired) electrons. The summed E-state index contributed by atoms with van der Waals surface area (Å²) in [4.78, 5) is 0. The van der Waals surface area contributed by atoms with Crippen LogP contribution in [0.5, 0.6) is 5.75 Å². The van der Waals surface area contributed by atoms with E-state index in [0.29, 0.717) is 0 Å². The molecule has 0 aliphatic rings. The minimum Gasteiger partial charge on any atom is -0.497 e. The Morgan fingerprint density at radius 3 is 1.81 bits per heavy atom. The summed E-state index contributed by atoms with van der Waals surface area (Å²) in [6.07, 6.45) is 0.830. The van der Waals surface area contributed by atoms with Crippen LogP contribution in [0.1, 0.15) is 22.3 Å². The van der Waals surface area contributed by atoms with E-state index in [1.807, 2.05) is 6.07 Å². The first-order valence-corrected chi connectivity index (χ1v) is 11.0. The molecule has 156 valence electrons. The van der Waals surface area contributed by atoms with Gasteiger partial charge in [-0.15, -0.1) is 0 Å². The van der Waals surface area contributed by atoms with Gasteiger partial charge in [-0.3, -0.25) is 0 Å². The van der Waals surface area contributed by atoms with Crippen LogP contribution in [0.25, 0.3) is 10.8 Å². The molecule has 0 heterocycles. The van der Waals surface area contributed by atoms with Gasteiger partial charge >= 0.3 is 0 Å². The number of rotatable bonds is 6. The summed E-state index contributed by atoms with van der Waals surface area (Å²) >= 11 is 0. The topological polar surface area (TPSA) is 9.23 Å². The molecular weight excluding hydrogens is 388 g/mol. The summed E-state index contributed by atoms with van der Waals surface area (Å²) in [7, 11) is 1.73. The number of hydrogen-bond donors (Lipinski definition) is 0. The monoisotopic (exact) mass is 414 g/mol. The largest absolute Gasteiger partial charge is 0.497 e. The van der Waals surface area contributed by atoms with Crippen LogP contribution < -0.4 is 4.74 Å². The van der Waals surface area contributed by atoms with Crippen molar-refractivity contribution in [3.8, 4) is 5.75 Å². The van der Waals surface area contributed by atoms with Crippen molar-refractivity contribution in [2.24, 2.45) is 0 Å². The highest BCUT2D eigenvalue weighted by molar-refractivity contribution is 5.83. The van der Waals surface area contributed by atoms with Gasteiger partial charge in [-0.2, -0.15) is 0 Å². The molecule has 0 amide bonds. The van der Waals surface area contributed by atoms with Crippen LogP contribution in [0.4, 0.5) is 0 Å². The molecule has 32 heavy (non-hydrogen) atoms. The van der Waals surface area contributed by atoms with E-state index in [4.69, 9.17) is 4.74 Å². The number of hydrogen-bond acceptors (Lipinski definition) is 1. The van der Waals surface area contributed by atoms with Crippen LogP contribution in [0, 0.1) is 0 Å². The molecule has 0 saturated heterocycles. The van der Waals surface area contributed by atoms with E-state index in [2.05, 4.69) is 121 Å². The minimum atomic E-state index is -0.334. The van der Waals surface area contributed by atoms with E-state index in [1.54, 1.807) is 7.11 Å². The Balaban J connectivity index is 1.81. The third kappa shape index (κ3) is 3.67. The molecule has 0 fully saturated rings. The lowest BCUT2D eigenvalue weighted by molar-refractivity contribution is 0.414. The lowest BCUT2D eigenvalue weighted by Gasteiger charge is -2.36. The molecule has 0 aliphatic carbocycles. The summed E-state index contributed by atoms with van der Waals surface area (Å²) in [6, 6.07) is 45.7. The predicted molar refractivity (Wildman–Crippen MR) is 133 cm³/mol. The predicted octanol–water partition coefficient (Wildman–Crippen LogP) is 7.43. The van der Waals surface area contributed by atoms with Gasteiger partial charge in [-0.05, 0) is 57.6 Å². The van der Waals surface area contributed by atoms with Gasteiger partial charge in [0.1, 0.15) is 5.75 Å². The molecule has 0 spiro atoms. The normalized spacial score (nSPS) is 11.4. The first kappa shape index (κ1) is 20.1. The second-order valence-corrected chi connectivity index (χ2v) is 8.23. The summed E-state index contributed by atoms with van der Waals surface area (Å²) in [5, 5.41) is 2.51. The maximum atomic E-state index is 5.54. The van der Waals surface area contributed by atoms with Crippen molar-refractivity contribution < 1.29 is 4.74 Å². The molecule has 5 rings (SSSR count). The van der Waals surface area contributed by atoms with Crippen molar-refractivity contribution in [1.29, 1.82) is 0 Å². The molecule has 0 aliphatic heterocycles. The van der Waals surface area contributed by atoms with Crippen LogP contribution >= 0.6 is 0 Å². The third-order valence-corrected chi connectivity index (χ3v) is 6.38. The maximum absolute atomic E-state index is 5.54. The van der Waals surface area contributed by atoms with E-state index in [-0.39, 0.29) is 5.41 Å². The van der Waals surface area contributed by atoms with Gasteiger partial charge in [0.15, 0.2) is 0 Å². The van der Waals surface area contributed by atoms with Crippen molar-refractivity contribution in [3.63, 3.8) is 0 Å². The molecule has 0 N–H and O–H groups in total. The molecular formula is C31H26O.